The highest BCUT2D eigenvalue weighted by atomic mass is 32.2. The number of carbonyl (C=O) groups is 1. The van der Waals surface area contributed by atoms with E-state index in [4.69, 9.17) is 4.74 Å². The van der Waals surface area contributed by atoms with E-state index in [1.165, 1.54) is 0 Å². The number of esters is 1. The van der Waals surface area contributed by atoms with E-state index in [2.05, 4.69) is 8.37 Å². The summed E-state index contributed by atoms with van der Waals surface area (Å²) in [6.45, 7) is 1.18. The van der Waals surface area contributed by atoms with E-state index in [9.17, 15) is 21.6 Å². The van der Waals surface area contributed by atoms with Crippen LogP contribution < -0.4 is 0 Å². The van der Waals surface area contributed by atoms with Crippen molar-refractivity contribution in [2.45, 2.75) is 13.3 Å². The van der Waals surface area contributed by atoms with Crippen molar-refractivity contribution < 1.29 is 34.7 Å². The maximum absolute atomic E-state index is 11.9. The van der Waals surface area contributed by atoms with Gasteiger partial charge in [-0.3, -0.25) is 13.2 Å². The molecule has 0 aromatic heterocycles. The first-order valence-corrected chi connectivity index (χ1v) is 9.49. The van der Waals surface area contributed by atoms with Crippen molar-refractivity contribution in [3.63, 3.8) is 0 Å². The molecule has 0 unspecified atom stereocenters. The molecule has 0 aromatic carbocycles. The Bertz CT molecular complexity index is 564. The SMILES string of the molecule is CCOC(=O)[C@]1(COS(C)(=O)=O)C[C@H]1COS(C)(=O)=O. The maximum Gasteiger partial charge on any atom is 0.314 e. The molecule has 1 saturated carbocycles. The van der Waals surface area contributed by atoms with Gasteiger partial charge in [0.25, 0.3) is 20.2 Å². The summed E-state index contributed by atoms with van der Waals surface area (Å²) in [5, 5.41) is 0. The Labute approximate surface area is 118 Å². The fourth-order valence-corrected chi connectivity index (χ4v) is 2.61. The molecule has 118 valence electrons. The Morgan fingerprint density at radius 2 is 1.70 bits per heavy atom. The van der Waals surface area contributed by atoms with Crippen LogP contribution in [0, 0.1) is 11.3 Å². The van der Waals surface area contributed by atoms with Gasteiger partial charge in [0.1, 0.15) is 0 Å². The van der Waals surface area contributed by atoms with Gasteiger partial charge in [0.2, 0.25) is 0 Å². The summed E-state index contributed by atoms with van der Waals surface area (Å²) >= 11 is 0. The summed E-state index contributed by atoms with van der Waals surface area (Å²) in [4.78, 5) is 11.9. The third-order valence-electron chi connectivity index (χ3n) is 2.93. The van der Waals surface area contributed by atoms with Crippen molar-refractivity contribution in [1.82, 2.24) is 0 Å². The fourth-order valence-electron chi connectivity index (χ4n) is 1.78. The summed E-state index contributed by atoms with van der Waals surface area (Å²) in [6.07, 6.45) is 2.03. The first-order chi connectivity index (χ1) is 9.00. The molecule has 0 bridgehead atoms. The van der Waals surface area contributed by atoms with Gasteiger partial charge in [0, 0.05) is 5.92 Å². The van der Waals surface area contributed by atoms with Crippen LogP contribution in [0.5, 0.6) is 0 Å². The van der Waals surface area contributed by atoms with Crippen molar-refractivity contribution in [1.29, 1.82) is 0 Å². The minimum Gasteiger partial charge on any atom is -0.465 e. The Hall–Kier alpha value is -0.710. The van der Waals surface area contributed by atoms with Crippen LogP contribution in [0.1, 0.15) is 13.3 Å². The van der Waals surface area contributed by atoms with Crippen LogP contribution in [0.2, 0.25) is 0 Å². The summed E-state index contributed by atoms with van der Waals surface area (Å²) in [5.74, 6) is -1.05. The van der Waals surface area contributed by atoms with Gasteiger partial charge in [-0.25, -0.2) is 0 Å². The Morgan fingerprint density at radius 3 is 2.15 bits per heavy atom. The number of hydrogen-bond donors (Lipinski definition) is 0. The van der Waals surface area contributed by atoms with Crippen molar-refractivity contribution in [2.75, 3.05) is 32.3 Å². The quantitative estimate of drug-likeness (QED) is 0.433. The lowest BCUT2D eigenvalue weighted by Crippen LogP contribution is -2.29. The van der Waals surface area contributed by atoms with E-state index in [1.54, 1.807) is 6.92 Å². The summed E-state index contributed by atoms with van der Waals surface area (Å²) in [6, 6.07) is 0. The average molecular weight is 330 g/mol. The summed E-state index contributed by atoms with van der Waals surface area (Å²) < 4.78 is 58.0. The van der Waals surface area contributed by atoms with Gasteiger partial charge < -0.3 is 4.74 Å². The molecular weight excluding hydrogens is 312 g/mol. The van der Waals surface area contributed by atoms with Gasteiger partial charge in [0.15, 0.2) is 0 Å². The van der Waals surface area contributed by atoms with E-state index in [0.29, 0.717) is 0 Å². The third-order valence-corrected chi connectivity index (χ3v) is 4.04. The van der Waals surface area contributed by atoms with E-state index >= 15 is 0 Å². The van der Waals surface area contributed by atoms with Crippen LogP contribution in [0.3, 0.4) is 0 Å². The van der Waals surface area contributed by atoms with Gasteiger partial charge in [-0.15, -0.1) is 0 Å². The van der Waals surface area contributed by atoms with Gasteiger partial charge in [-0.2, -0.15) is 16.8 Å². The van der Waals surface area contributed by atoms with Gasteiger partial charge >= 0.3 is 5.97 Å². The molecule has 1 aliphatic carbocycles. The largest absolute Gasteiger partial charge is 0.465 e. The van der Waals surface area contributed by atoms with Crippen molar-refractivity contribution in [2.24, 2.45) is 11.3 Å². The van der Waals surface area contributed by atoms with Gasteiger partial charge in [-0.05, 0) is 13.3 Å². The molecule has 1 aliphatic rings. The van der Waals surface area contributed by atoms with Gasteiger partial charge in [0.05, 0.1) is 37.7 Å². The predicted octanol–water partition coefficient (Wildman–Crippen LogP) is -0.492. The van der Waals surface area contributed by atoms with Crippen molar-refractivity contribution in [3.05, 3.63) is 0 Å². The third kappa shape index (κ3) is 5.00. The molecule has 2 atom stereocenters. The monoisotopic (exact) mass is 330 g/mol. The molecule has 20 heavy (non-hydrogen) atoms. The van der Waals surface area contributed by atoms with Crippen LogP contribution in [-0.4, -0.2) is 55.1 Å². The molecule has 1 rings (SSSR count). The lowest BCUT2D eigenvalue weighted by Gasteiger charge is -2.15. The molecule has 0 aliphatic heterocycles. The number of carbonyl (C=O) groups excluding carboxylic acids is 1. The van der Waals surface area contributed by atoms with E-state index in [-0.39, 0.29) is 26.2 Å². The molecule has 1 fully saturated rings. The molecule has 8 nitrogen and oxygen atoms in total. The second kappa shape index (κ2) is 5.96. The standard InChI is InChI=1S/C10H18O8S2/c1-4-16-9(11)10(7-18-20(3,14)15)5-8(10)6-17-19(2,12)13/h8H,4-7H2,1-3H3/t8-,10-/m0/s1. The van der Waals surface area contributed by atoms with E-state index in [0.717, 1.165) is 12.5 Å². The molecular formula is C10H18O8S2. The molecule has 0 amide bonds. The van der Waals surface area contributed by atoms with Crippen molar-refractivity contribution >= 4 is 26.2 Å². The van der Waals surface area contributed by atoms with Crippen LogP contribution in [0.4, 0.5) is 0 Å². The van der Waals surface area contributed by atoms with E-state index < -0.39 is 37.5 Å². The molecule has 0 aromatic rings. The minimum atomic E-state index is -3.70. The molecule has 0 saturated heterocycles. The molecule has 0 heterocycles. The lowest BCUT2D eigenvalue weighted by molar-refractivity contribution is -0.151. The zero-order valence-corrected chi connectivity index (χ0v) is 13.1. The first-order valence-electron chi connectivity index (χ1n) is 5.86. The first kappa shape index (κ1) is 17.3. The highest BCUT2D eigenvalue weighted by Gasteiger charge is 2.62. The molecule has 0 radical (unpaired) electrons. The highest BCUT2D eigenvalue weighted by molar-refractivity contribution is 7.86. The average Bonchev–Trinajstić information content (AvgIpc) is 2.97. The summed E-state index contributed by atoms with van der Waals surface area (Å²) in [5.41, 5.74) is -1.15. The predicted molar refractivity (Wildman–Crippen MR) is 68.8 cm³/mol. The maximum atomic E-state index is 11.9. The highest BCUT2D eigenvalue weighted by Crippen LogP contribution is 2.54. The van der Waals surface area contributed by atoms with Crippen LogP contribution in [0.25, 0.3) is 0 Å². The number of rotatable bonds is 8. The number of hydrogen-bond acceptors (Lipinski definition) is 8. The second-order valence-corrected chi connectivity index (χ2v) is 8.02. The lowest BCUT2D eigenvalue weighted by atomic mass is 10.1. The van der Waals surface area contributed by atoms with Crippen LogP contribution >= 0.6 is 0 Å². The zero-order chi connectivity index (χ0) is 15.6. The topological polar surface area (TPSA) is 113 Å². The Balaban J connectivity index is 2.72. The van der Waals surface area contributed by atoms with Crippen molar-refractivity contribution in [3.8, 4) is 0 Å². The van der Waals surface area contributed by atoms with E-state index in [1.807, 2.05) is 0 Å². The molecule has 10 heteroatoms. The fraction of sp³-hybridized carbons (Fsp3) is 0.900. The Kier molecular flexibility index (Phi) is 5.17. The number of ether oxygens (including phenoxy) is 1. The zero-order valence-electron chi connectivity index (χ0n) is 11.5. The smallest absolute Gasteiger partial charge is 0.314 e. The molecule has 0 N–H and O–H groups in total. The Morgan fingerprint density at radius 1 is 1.15 bits per heavy atom. The normalized spacial score (nSPS) is 26.2. The minimum absolute atomic E-state index is 0.138. The van der Waals surface area contributed by atoms with Crippen LogP contribution in [-0.2, 0) is 38.1 Å². The molecule has 0 spiro atoms. The summed E-state index contributed by atoms with van der Waals surface area (Å²) in [7, 11) is -7.32. The van der Waals surface area contributed by atoms with Crippen LogP contribution in [0.15, 0.2) is 0 Å². The second-order valence-electron chi connectivity index (χ2n) is 4.73. The van der Waals surface area contributed by atoms with Gasteiger partial charge in [-0.1, -0.05) is 0 Å².